The van der Waals surface area contributed by atoms with Crippen LogP contribution in [0, 0.1) is 0 Å². The first-order valence-corrected chi connectivity index (χ1v) is 10.7. The molecular formula is C22H30F3N3O3. The van der Waals surface area contributed by atoms with Gasteiger partial charge in [0.1, 0.15) is 5.75 Å². The number of nitrogens with zero attached hydrogens (tertiary/aromatic N) is 1. The van der Waals surface area contributed by atoms with Crippen molar-refractivity contribution in [1.29, 1.82) is 0 Å². The zero-order valence-corrected chi connectivity index (χ0v) is 18.1. The second-order valence-electron chi connectivity index (χ2n) is 8.59. The van der Waals surface area contributed by atoms with Crippen molar-refractivity contribution in [3.63, 3.8) is 0 Å². The van der Waals surface area contributed by atoms with E-state index >= 15 is 0 Å². The lowest BCUT2D eigenvalue weighted by Crippen LogP contribution is -2.52. The van der Waals surface area contributed by atoms with Crippen molar-refractivity contribution in [3.8, 4) is 5.75 Å². The molecule has 6 nitrogen and oxygen atoms in total. The molecule has 1 aliphatic heterocycles. The molecule has 3 rings (SSSR count). The molecule has 172 valence electrons. The summed E-state index contributed by atoms with van der Waals surface area (Å²) in [4.78, 5) is 26.4. The van der Waals surface area contributed by atoms with E-state index in [2.05, 4.69) is 10.6 Å². The van der Waals surface area contributed by atoms with Crippen LogP contribution in [0.4, 0.5) is 18.9 Å². The first-order valence-electron chi connectivity index (χ1n) is 10.7. The number of rotatable bonds is 7. The molecule has 1 aromatic carbocycles. The summed E-state index contributed by atoms with van der Waals surface area (Å²) in [6.45, 7) is 4.99. The van der Waals surface area contributed by atoms with E-state index in [9.17, 15) is 22.8 Å². The second kappa shape index (κ2) is 9.06. The van der Waals surface area contributed by atoms with Gasteiger partial charge in [-0.2, -0.15) is 13.2 Å². The largest absolute Gasteiger partial charge is 0.478 e. The lowest BCUT2D eigenvalue weighted by Gasteiger charge is -2.39. The highest BCUT2D eigenvalue weighted by Crippen LogP contribution is 2.43. The van der Waals surface area contributed by atoms with Gasteiger partial charge >= 0.3 is 6.18 Å². The van der Waals surface area contributed by atoms with Crippen LogP contribution in [0.1, 0.15) is 61.9 Å². The predicted octanol–water partition coefficient (Wildman–Crippen LogP) is 3.85. The number of aldehydes is 1. The Kier molecular flexibility index (Phi) is 6.83. The number of amides is 1. The van der Waals surface area contributed by atoms with Gasteiger partial charge in [0.2, 0.25) is 0 Å². The molecule has 2 fully saturated rings. The zero-order chi connectivity index (χ0) is 22.8. The van der Waals surface area contributed by atoms with Gasteiger partial charge in [0.15, 0.2) is 11.9 Å². The molecule has 1 aromatic rings. The molecule has 1 heterocycles. The molecule has 1 amide bonds. The van der Waals surface area contributed by atoms with Gasteiger partial charge in [0.25, 0.3) is 5.91 Å². The highest BCUT2D eigenvalue weighted by atomic mass is 19.4. The fourth-order valence-corrected chi connectivity index (χ4v) is 4.29. The fourth-order valence-electron chi connectivity index (χ4n) is 4.29. The van der Waals surface area contributed by atoms with E-state index in [1.165, 1.54) is 11.0 Å². The van der Waals surface area contributed by atoms with Gasteiger partial charge in [-0.25, -0.2) is 0 Å². The van der Waals surface area contributed by atoms with Gasteiger partial charge in [0, 0.05) is 25.7 Å². The van der Waals surface area contributed by atoms with Crippen molar-refractivity contribution >= 4 is 17.9 Å². The highest BCUT2D eigenvalue weighted by Gasteiger charge is 2.43. The van der Waals surface area contributed by atoms with Crippen LogP contribution in [0.25, 0.3) is 0 Å². The average Bonchev–Trinajstić information content (AvgIpc) is 2.70. The molecule has 1 saturated heterocycles. The molecule has 0 spiro atoms. The maximum absolute atomic E-state index is 14.0. The minimum atomic E-state index is -4.75. The summed E-state index contributed by atoms with van der Waals surface area (Å²) in [5, 5.41) is 6.04. The summed E-state index contributed by atoms with van der Waals surface area (Å²) in [6.07, 6.45) is -0.824. The van der Waals surface area contributed by atoms with Crippen LogP contribution >= 0.6 is 0 Å². The number of alkyl halides is 3. The van der Waals surface area contributed by atoms with Gasteiger partial charge in [-0.15, -0.1) is 0 Å². The number of benzene rings is 1. The molecular weight excluding hydrogens is 411 g/mol. The van der Waals surface area contributed by atoms with Crippen molar-refractivity contribution in [2.75, 3.05) is 25.5 Å². The van der Waals surface area contributed by atoms with Crippen LogP contribution in [-0.4, -0.2) is 54.9 Å². The third kappa shape index (κ3) is 4.81. The second-order valence-corrected chi connectivity index (χ2v) is 8.59. The molecule has 1 atom stereocenters. The highest BCUT2D eigenvalue weighted by molar-refractivity contribution is 5.98. The molecule has 1 aliphatic carbocycles. The van der Waals surface area contributed by atoms with Crippen LogP contribution in [0.2, 0.25) is 0 Å². The Balaban J connectivity index is 2.05. The maximum Gasteiger partial charge on any atom is 0.417 e. The Bertz CT molecular complexity index is 816. The fraction of sp³-hybridized carbons (Fsp3) is 0.636. The van der Waals surface area contributed by atoms with Crippen molar-refractivity contribution in [3.05, 3.63) is 23.3 Å². The predicted molar refractivity (Wildman–Crippen MR) is 111 cm³/mol. The lowest BCUT2D eigenvalue weighted by molar-refractivity contribution is -0.138. The summed E-state index contributed by atoms with van der Waals surface area (Å²) < 4.78 is 47.8. The standard InChI is InChI=1S/C22H30F3N3O3/c1-14(2)28(15-6-4-9-27-12-15)20(30)16-10-18(26-3)19(11-17(16)22(23,24)25)31-21(13-29)7-5-8-21/h10-11,13-15,26-27H,4-9,12H2,1-3H3. The molecule has 0 aromatic heterocycles. The van der Waals surface area contributed by atoms with Gasteiger partial charge in [-0.3, -0.25) is 9.59 Å². The molecule has 2 aliphatic rings. The summed E-state index contributed by atoms with van der Waals surface area (Å²) in [5.74, 6) is -0.735. The van der Waals surface area contributed by atoms with Gasteiger partial charge in [-0.05, 0) is 64.6 Å². The molecule has 1 unspecified atom stereocenters. The SMILES string of the molecule is CNc1cc(C(=O)N(C(C)C)C2CCCNC2)c(C(F)(F)F)cc1OC1(C=O)CCC1. The maximum atomic E-state index is 14.0. The zero-order valence-electron chi connectivity index (χ0n) is 18.1. The van der Waals surface area contributed by atoms with E-state index < -0.39 is 28.8 Å². The number of anilines is 1. The number of halogens is 3. The molecule has 2 N–H and O–H groups in total. The van der Waals surface area contributed by atoms with Crippen LogP contribution in [0.15, 0.2) is 12.1 Å². The summed E-state index contributed by atoms with van der Waals surface area (Å²) in [5.41, 5.74) is -2.33. The third-order valence-electron chi connectivity index (χ3n) is 6.11. The molecule has 0 radical (unpaired) electrons. The van der Waals surface area contributed by atoms with E-state index in [4.69, 9.17) is 4.74 Å². The number of hydrogen-bond acceptors (Lipinski definition) is 5. The first kappa shape index (κ1) is 23.4. The Morgan fingerprint density at radius 2 is 2.03 bits per heavy atom. The minimum Gasteiger partial charge on any atom is -0.478 e. The van der Waals surface area contributed by atoms with E-state index in [0.717, 1.165) is 31.9 Å². The van der Waals surface area contributed by atoms with E-state index in [0.29, 0.717) is 25.7 Å². The van der Waals surface area contributed by atoms with E-state index in [1.807, 2.05) is 0 Å². The lowest BCUT2D eigenvalue weighted by atomic mass is 9.81. The van der Waals surface area contributed by atoms with E-state index in [-0.39, 0.29) is 23.5 Å². The molecule has 31 heavy (non-hydrogen) atoms. The van der Waals surface area contributed by atoms with Crippen LogP contribution in [-0.2, 0) is 11.0 Å². The van der Waals surface area contributed by atoms with Gasteiger partial charge in [0.05, 0.1) is 16.8 Å². The molecule has 9 heteroatoms. The van der Waals surface area contributed by atoms with Crippen LogP contribution < -0.4 is 15.4 Å². The Hall–Kier alpha value is -2.29. The van der Waals surface area contributed by atoms with Crippen molar-refractivity contribution in [1.82, 2.24) is 10.2 Å². The van der Waals surface area contributed by atoms with Crippen molar-refractivity contribution < 1.29 is 27.5 Å². The third-order valence-corrected chi connectivity index (χ3v) is 6.11. The Labute approximate surface area is 180 Å². The van der Waals surface area contributed by atoms with E-state index in [1.54, 1.807) is 20.9 Å². The number of nitrogens with one attached hydrogen (secondary N) is 2. The van der Waals surface area contributed by atoms with Crippen LogP contribution in [0.3, 0.4) is 0 Å². The minimum absolute atomic E-state index is 0.0754. The Morgan fingerprint density at radius 3 is 2.48 bits per heavy atom. The normalized spacial score (nSPS) is 20.7. The number of piperidine rings is 1. The number of hydrogen-bond donors (Lipinski definition) is 2. The number of carbonyl (C=O) groups is 2. The van der Waals surface area contributed by atoms with Crippen molar-refractivity contribution in [2.24, 2.45) is 0 Å². The monoisotopic (exact) mass is 441 g/mol. The Morgan fingerprint density at radius 1 is 1.32 bits per heavy atom. The van der Waals surface area contributed by atoms with Crippen molar-refractivity contribution in [2.45, 2.75) is 69.8 Å². The summed E-state index contributed by atoms with van der Waals surface area (Å²) in [7, 11) is 1.54. The smallest absolute Gasteiger partial charge is 0.417 e. The first-order chi connectivity index (χ1) is 14.6. The van der Waals surface area contributed by atoms with Crippen LogP contribution in [0.5, 0.6) is 5.75 Å². The van der Waals surface area contributed by atoms with Gasteiger partial charge in [-0.1, -0.05) is 0 Å². The quantitative estimate of drug-likeness (QED) is 0.629. The molecule has 0 bridgehead atoms. The molecule has 1 saturated carbocycles. The summed E-state index contributed by atoms with van der Waals surface area (Å²) in [6, 6.07) is 1.61. The number of carbonyl (C=O) groups excluding carboxylic acids is 2. The topological polar surface area (TPSA) is 70.7 Å². The number of ether oxygens (including phenoxy) is 1. The summed E-state index contributed by atoms with van der Waals surface area (Å²) >= 11 is 0. The van der Waals surface area contributed by atoms with Gasteiger partial charge < -0.3 is 20.3 Å². The average molecular weight is 441 g/mol.